The van der Waals surface area contributed by atoms with E-state index in [-0.39, 0.29) is 5.91 Å². The molecular weight excluding hydrogens is 355 g/mol. The van der Waals surface area contributed by atoms with Crippen LogP contribution in [0, 0.1) is 0 Å². The molecule has 4 nitrogen and oxygen atoms in total. The number of nitrogens with zero attached hydrogens (tertiary/aromatic N) is 1. The number of halogens is 3. The summed E-state index contributed by atoms with van der Waals surface area (Å²) in [6.45, 7) is 5.51. The number of quaternary nitrogens is 1. The monoisotopic (exact) mass is 378 g/mol. The molecule has 0 aliphatic carbocycles. The van der Waals surface area contributed by atoms with Gasteiger partial charge in [0.25, 0.3) is 0 Å². The van der Waals surface area contributed by atoms with E-state index in [2.05, 4.69) is 5.32 Å². The number of amides is 1. The SMILES string of the molecule is CC(=O)Nc1ccc(C[NH+]2CCN(c3cccc(C(F)(F)F)c3)CC2)cc1. The van der Waals surface area contributed by atoms with E-state index < -0.39 is 11.7 Å². The van der Waals surface area contributed by atoms with Gasteiger partial charge in [-0.15, -0.1) is 0 Å². The third kappa shape index (κ3) is 5.23. The minimum atomic E-state index is -4.31. The van der Waals surface area contributed by atoms with Crippen LogP contribution in [0.5, 0.6) is 0 Å². The molecule has 0 aromatic heterocycles. The Morgan fingerprint density at radius 2 is 1.78 bits per heavy atom. The van der Waals surface area contributed by atoms with Crippen molar-refractivity contribution in [2.45, 2.75) is 19.6 Å². The van der Waals surface area contributed by atoms with Crippen LogP contribution in [-0.2, 0) is 17.5 Å². The maximum absolute atomic E-state index is 12.9. The van der Waals surface area contributed by atoms with Crippen molar-refractivity contribution in [1.82, 2.24) is 0 Å². The van der Waals surface area contributed by atoms with Gasteiger partial charge >= 0.3 is 6.18 Å². The minimum absolute atomic E-state index is 0.0981. The number of benzene rings is 2. The van der Waals surface area contributed by atoms with Crippen molar-refractivity contribution in [2.24, 2.45) is 0 Å². The summed E-state index contributed by atoms with van der Waals surface area (Å²) in [6, 6.07) is 13.3. The molecule has 2 aromatic rings. The van der Waals surface area contributed by atoms with E-state index in [0.29, 0.717) is 5.69 Å². The van der Waals surface area contributed by atoms with Gasteiger partial charge in [-0.05, 0) is 30.3 Å². The molecule has 0 spiro atoms. The first-order chi connectivity index (χ1) is 12.8. The molecule has 7 heteroatoms. The first-order valence-corrected chi connectivity index (χ1v) is 8.93. The highest BCUT2D eigenvalue weighted by molar-refractivity contribution is 5.88. The molecule has 1 aliphatic rings. The first kappa shape index (κ1) is 19.2. The summed E-state index contributed by atoms with van der Waals surface area (Å²) < 4.78 is 38.7. The topological polar surface area (TPSA) is 36.8 Å². The summed E-state index contributed by atoms with van der Waals surface area (Å²) in [4.78, 5) is 14.5. The average molecular weight is 378 g/mol. The van der Waals surface area contributed by atoms with Crippen molar-refractivity contribution in [1.29, 1.82) is 0 Å². The van der Waals surface area contributed by atoms with Gasteiger partial charge in [-0.3, -0.25) is 4.79 Å². The zero-order valence-corrected chi connectivity index (χ0v) is 15.1. The summed E-state index contributed by atoms with van der Waals surface area (Å²) in [7, 11) is 0. The van der Waals surface area contributed by atoms with Crippen molar-refractivity contribution in [3.63, 3.8) is 0 Å². The number of rotatable bonds is 4. The summed E-state index contributed by atoms with van der Waals surface area (Å²) in [5.74, 6) is -0.0981. The number of hydrogen-bond donors (Lipinski definition) is 2. The van der Waals surface area contributed by atoms with Gasteiger partial charge in [0.1, 0.15) is 6.54 Å². The molecular formula is C20H23F3N3O+. The molecule has 144 valence electrons. The maximum atomic E-state index is 12.9. The zero-order chi connectivity index (χ0) is 19.4. The Bertz CT molecular complexity index is 782. The summed E-state index contributed by atoms with van der Waals surface area (Å²) in [5, 5.41) is 2.74. The van der Waals surface area contributed by atoms with Crippen molar-refractivity contribution >= 4 is 17.3 Å². The Morgan fingerprint density at radius 3 is 2.37 bits per heavy atom. The lowest BCUT2D eigenvalue weighted by Crippen LogP contribution is -3.13. The van der Waals surface area contributed by atoms with Crippen molar-refractivity contribution < 1.29 is 22.9 Å². The molecule has 0 radical (unpaired) electrons. The Hall–Kier alpha value is -2.54. The fourth-order valence-electron chi connectivity index (χ4n) is 3.33. The second-order valence-electron chi connectivity index (χ2n) is 6.84. The van der Waals surface area contributed by atoms with Gasteiger partial charge in [-0.1, -0.05) is 18.2 Å². The number of carbonyl (C=O) groups is 1. The first-order valence-electron chi connectivity index (χ1n) is 8.93. The van der Waals surface area contributed by atoms with Gasteiger partial charge in [-0.25, -0.2) is 0 Å². The van der Waals surface area contributed by atoms with E-state index in [4.69, 9.17) is 0 Å². The molecule has 1 saturated heterocycles. The van der Waals surface area contributed by atoms with Gasteiger partial charge in [0, 0.05) is 23.9 Å². The Balaban J connectivity index is 1.55. The second kappa shape index (κ2) is 8.00. The zero-order valence-electron chi connectivity index (χ0n) is 15.1. The van der Waals surface area contributed by atoms with Crippen molar-refractivity contribution in [2.75, 3.05) is 36.4 Å². The van der Waals surface area contributed by atoms with Gasteiger partial charge in [-0.2, -0.15) is 13.2 Å². The molecule has 0 bridgehead atoms. The highest BCUT2D eigenvalue weighted by Gasteiger charge is 2.31. The predicted octanol–water partition coefficient (Wildman–Crippen LogP) is 2.57. The molecule has 3 rings (SSSR count). The molecule has 2 N–H and O–H groups in total. The summed E-state index contributed by atoms with van der Waals surface area (Å²) in [6.07, 6.45) is -4.31. The minimum Gasteiger partial charge on any atom is -0.360 e. The number of carbonyl (C=O) groups excluding carboxylic acids is 1. The molecule has 1 aliphatic heterocycles. The van der Waals surface area contributed by atoms with Crippen LogP contribution >= 0.6 is 0 Å². The lowest BCUT2D eigenvalue weighted by atomic mass is 10.1. The molecule has 1 fully saturated rings. The van der Waals surface area contributed by atoms with Crippen LogP contribution in [0.1, 0.15) is 18.1 Å². The highest BCUT2D eigenvalue weighted by Crippen LogP contribution is 2.31. The van der Waals surface area contributed by atoms with Crippen LogP contribution in [0.4, 0.5) is 24.5 Å². The van der Waals surface area contributed by atoms with Crippen LogP contribution in [0.3, 0.4) is 0 Å². The fraction of sp³-hybridized carbons (Fsp3) is 0.350. The van der Waals surface area contributed by atoms with Crippen molar-refractivity contribution in [3.05, 3.63) is 59.7 Å². The summed E-state index contributed by atoms with van der Waals surface area (Å²) >= 11 is 0. The third-order valence-electron chi connectivity index (χ3n) is 4.74. The molecule has 1 heterocycles. The van der Waals surface area contributed by atoms with Gasteiger partial charge in [0.2, 0.25) is 5.91 Å². The highest BCUT2D eigenvalue weighted by atomic mass is 19.4. The molecule has 1 amide bonds. The van der Waals surface area contributed by atoms with E-state index in [1.165, 1.54) is 29.5 Å². The van der Waals surface area contributed by atoms with Crippen LogP contribution in [-0.4, -0.2) is 32.1 Å². The van der Waals surface area contributed by atoms with Crippen LogP contribution < -0.4 is 15.1 Å². The molecule has 2 aromatic carbocycles. The quantitative estimate of drug-likeness (QED) is 0.858. The molecule has 0 saturated carbocycles. The number of alkyl halides is 3. The average Bonchev–Trinajstić information content (AvgIpc) is 2.63. The van der Waals surface area contributed by atoms with E-state index in [9.17, 15) is 18.0 Å². The number of nitrogens with one attached hydrogen (secondary N) is 2. The number of piperazine rings is 1. The van der Waals surface area contributed by atoms with E-state index in [1.807, 2.05) is 29.2 Å². The third-order valence-corrected chi connectivity index (χ3v) is 4.74. The lowest BCUT2D eigenvalue weighted by molar-refractivity contribution is -0.914. The van der Waals surface area contributed by atoms with E-state index >= 15 is 0 Å². The number of hydrogen-bond acceptors (Lipinski definition) is 2. The smallest absolute Gasteiger partial charge is 0.360 e. The van der Waals surface area contributed by atoms with E-state index in [0.717, 1.165) is 44.5 Å². The number of anilines is 2. The Kier molecular flexibility index (Phi) is 5.70. The normalized spacial score (nSPS) is 15.6. The van der Waals surface area contributed by atoms with Crippen LogP contribution in [0.25, 0.3) is 0 Å². The standard InChI is InChI=1S/C20H22F3N3O/c1-15(27)24-18-7-5-16(6-8-18)14-25-9-11-26(12-10-25)19-4-2-3-17(13-19)20(21,22)23/h2-8,13H,9-12,14H2,1H3,(H,24,27)/p+1. The predicted molar refractivity (Wildman–Crippen MR) is 98.8 cm³/mol. The molecule has 0 unspecified atom stereocenters. The van der Waals surface area contributed by atoms with Gasteiger partial charge < -0.3 is 15.1 Å². The summed E-state index contributed by atoms with van der Waals surface area (Å²) in [5.41, 5.74) is 1.97. The van der Waals surface area contributed by atoms with Gasteiger partial charge in [0.05, 0.1) is 31.7 Å². The van der Waals surface area contributed by atoms with Crippen LogP contribution in [0.2, 0.25) is 0 Å². The van der Waals surface area contributed by atoms with Crippen LogP contribution in [0.15, 0.2) is 48.5 Å². The van der Waals surface area contributed by atoms with Gasteiger partial charge in [0.15, 0.2) is 0 Å². The Labute approximate surface area is 156 Å². The maximum Gasteiger partial charge on any atom is 0.416 e. The molecule has 0 atom stereocenters. The molecule has 27 heavy (non-hydrogen) atoms. The van der Waals surface area contributed by atoms with Crippen molar-refractivity contribution in [3.8, 4) is 0 Å². The fourth-order valence-corrected chi connectivity index (χ4v) is 3.33. The largest absolute Gasteiger partial charge is 0.416 e. The van der Waals surface area contributed by atoms with E-state index in [1.54, 1.807) is 6.07 Å². The lowest BCUT2D eigenvalue weighted by Gasteiger charge is -2.34. The second-order valence-corrected chi connectivity index (χ2v) is 6.84. The Morgan fingerprint density at radius 1 is 1.11 bits per heavy atom.